The number of amides is 1. The number of aliphatic hydroxyl groups excluding tert-OH is 1. The Kier molecular flexibility index (Phi) is 6.99. The summed E-state index contributed by atoms with van der Waals surface area (Å²) in [5.41, 5.74) is -0.00922. The standard InChI is InChI=1S/C19H27NO6/c1-14(22)24-11-7-10-17-16(12-21)20(19(2,3)26-17)18(23)25-13-15-8-5-4-6-9-15/h4-6,8-9,16-17,21H,7,10-13H2,1-3H3/t16-,17-/m0/s1. The van der Waals surface area contributed by atoms with Gasteiger partial charge in [-0.05, 0) is 32.3 Å². The molecule has 7 heteroatoms. The molecule has 1 aliphatic rings. The van der Waals surface area contributed by atoms with Crippen molar-refractivity contribution in [2.24, 2.45) is 0 Å². The molecule has 1 aliphatic heterocycles. The van der Waals surface area contributed by atoms with E-state index in [1.807, 2.05) is 30.3 Å². The fraction of sp³-hybridized carbons (Fsp3) is 0.579. The average Bonchev–Trinajstić information content (AvgIpc) is 2.87. The normalized spacial score (nSPS) is 21.5. The van der Waals surface area contributed by atoms with Crippen molar-refractivity contribution in [3.05, 3.63) is 35.9 Å². The van der Waals surface area contributed by atoms with Gasteiger partial charge in [-0.3, -0.25) is 9.69 Å². The monoisotopic (exact) mass is 365 g/mol. The predicted octanol–water partition coefficient (Wildman–Crippen LogP) is 2.46. The number of hydrogen-bond acceptors (Lipinski definition) is 6. The Labute approximate surface area is 153 Å². The third kappa shape index (κ3) is 5.19. The number of carbonyl (C=O) groups excluding carboxylic acids is 2. The van der Waals surface area contributed by atoms with Crippen LogP contribution < -0.4 is 0 Å². The first-order chi connectivity index (χ1) is 12.3. The van der Waals surface area contributed by atoms with Gasteiger partial charge in [-0.25, -0.2) is 4.79 Å². The fourth-order valence-corrected chi connectivity index (χ4v) is 3.17. The average molecular weight is 365 g/mol. The van der Waals surface area contributed by atoms with E-state index >= 15 is 0 Å². The highest BCUT2D eigenvalue weighted by molar-refractivity contribution is 5.69. The van der Waals surface area contributed by atoms with Crippen LogP contribution in [0.1, 0.15) is 39.2 Å². The molecule has 1 amide bonds. The van der Waals surface area contributed by atoms with E-state index in [1.54, 1.807) is 13.8 Å². The first-order valence-corrected chi connectivity index (χ1v) is 8.77. The van der Waals surface area contributed by atoms with Crippen LogP contribution in [-0.4, -0.2) is 53.2 Å². The molecule has 0 aromatic heterocycles. The van der Waals surface area contributed by atoms with E-state index in [2.05, 4.69) is 0 Å². The quantitative estimate of drug-likeness (QED) is 0.590. The Bertz CT molecular complexity index is 603. The molecular formula is C19H27NO6. The first kappa shape index (κ1) is 20.2. The van der Waals surface area contributed by atoms with Gasteiger partial charge in [0.25, 0.3) is 0 Å². The zero-order chi connectivity index (χ0) is 19.2. The van der Waals surface area contributed by atoms with Crippen LogP contribution in [0.3, 0.4) is 0 Å². The molecular weight excluding hydrogens is 338 g/mol. The van der Waals surface area contributed by atoms with Gasteiger partial charge in [-0.15, -0.1) is 0 Å². The lowest BCUT2D eigenvalue weighted by atomic mass is 10.1. The minimum Gasteiger partial charge on any atom is -0.466 e. The molecule has 2 atom stereocenters. The van der Waals surface area contributed by atoms with Crippen LogP contribution in [-0.2, 0) is 25.6 Å². The molecule has 0 saturated carbocycles. The molecule has 1 fully saturated rings. The van der Waals surface area contributed by atoms with Crippen LogP contribution in [0.5, 0.6) is 0 Å². The molecule has 1 heterocycles. The molecule has 1 saturated heterocycles. The molecule has 0 aliphatic carbocycles. The second kappa shape index (κ2) is 9.00. The van der Waals surface area contributed by atoms with Crippen molar-refractivity contribution in [1.29, 1.82) is 0 Å². The van der Waals surface area contributed by atoms with Crippen molar-refractivity contribution in [2.45, 2.75) is 58.1 Å². The summed E-state index contributed by atoms with van der Waals surface area (Å²) in [7, 11) is 0. The second-order valence-corrected chi connectivity index (χ2v) is 6.75. The van der Waals surface area contributed by atoms with Gasteiger partial charge in [-0.2, -0.15) is 0 Å². The van der Waals surface area contributed by atoms with E-state index in [0.717, 1.165) is 5.56 Å². The molecule has 26 heavy (non-hydrogen) atoms. The number of benzene rings is 1. The van der Waals surface area contributed by atoms with E-state index in [1.165, 1.54) is 11.8 Å². The number of ether oxygens (including phenoxy) is 3. The third-order valence-electron chi connectivity index (χ3n) is 4.31. The number of carbonyl (C=O) groups is 2. The lowest BCUT2D eigenvalue weighted by molar-refractivity contribution is -0.141. The Balaban J connectivity index is 1.96. The Morgan fingerprint density at radius 1 is 1.23 bits per heavy atom. The maximum absolute atomic E-state index is 12.6. The maximum Gasteiger partial charge on any atom is 0.412 e. The molecule has 0 unspecified atom stereocenters. The summed E-state index contributed by atoms with van der Waals surface area (Å²) in [6.45, 7) is 5.10. The second-order valence-electron chi connectivity index (χ2n) is 6.75. The molecule has 144 valence electrons. The Hall–Kier alpha value is -2.12. The number of esters is 1. The smallest absolute Gasteiger partial charge is 0.412 e. The molecule has 7 nitrogen and oxygen atoms in total. The highest BCUT2D eigenvalue weighted by atomic mass is 16.6. The van der Waals surface area contributed by atoms with Crippen molar-refractivity contribution in [3.8, 4) is 0 Å². The van der Waals surface area contributed by atoms with Crippen LogP contribution in [0, 0.1) is 0 Å². The summed E-state index contributed by atoms with van der Waals surface area (Å²) < 4.78 is 16.3. The Morgan fingerprint density at radius 3 is 2.54 bits per heavy atom. The van der Waals surface area contributed by atoms with E-state index in [-0.39, 0.29) is 31.9 Å². The van der Waals surface area contributed by atoms with Gasteiger partial charge in [0.1, 0.15) is 12.3 Å². The van der Waals surface area contributed by atoms with Gasteiger partial charge in [0, 0.05) is 6.92 Å². The van der Waals surface area contributed by atoms with Crippen molar-refractivity contribution in [2.75, 3.05) is 13.2 Å². The number of hydrogen-bond donors (Lipinski definition) is 1. The number of rotatable bonds is 7. The summed E-state index contributed by atoms with van der Waals surface area (Å²) >= 11 is 0. The van der Waals surface area contributed by atoms with Crippen molar-refractivity contribution >= 4 is 12.1 Å². The lowest BCUT2D eigenvalue weighted by Gasteiger charge is -2.32. The topological polar surface area (TPSA) is 85.3 Å². The molecule has 0 spiro atoms. The summed E-state index contributed by atoms with van der Waals surface area (Å²) in [6.07, 6.45) is 0.268. The molecule has 2 rings (SSSR count). The summed E-state index contributed by atoms with van der Waals surface area (Å²) in [5.74, 6) is -0.331. The largest absolute Gasteiger partial charge is 0.466 e. The van der Waals surface area contributed by atoms with Crippen LogP contribution in [0.4, 0.5) is 4.79 Å². The molecule has 1 aromatic rings. The summed E-state index contributed by atoms with van der Waals surface area (Å²) in [5, 5.41) is 9.80. The third-order valence-corrected chi connectivity index (χ3v) is 4.31. The molecule has 0 bridgehead atoms. The molecule has 1 N–H and O–H groups in total. The molecule has 0 radical (unpaired) electrons. The predicted molar refractivity (Wildman–Crippen MR) is 94.2 cm³/mol. The molecule has 1 aromatic carbocycles. The SMILES string of the molecule is CC(=O)OCCC[C@@H]1OC(C)(C)N(C(=O)OCc2ccccc2)[C@H]1CO. The van der Waals surface area contributed by atoms with Crippen LogP contribution in [0.15, 0.2) is 30.3 Å². The first-order valence-electron chi connectivity index (χ1n) is 8.77. The number of nitrogens with zero attached hydrogens (tertiary/aromatic N) is 1. The van der Waals surface area contributed by atoms with Gasteiger partial charge >= 0.3 is 12.1 Å². The van der Waals surface area contributed by atoms with Crippen molar-refractivity contribution in [3.63, 3.8) is 0 Å². The van der Waals surface area contributed by atoms with E-state index in [0.29, 0.717) is 12.8 Å². The van der Waals surface area contributed by atoms with Gasteiger partial charge in [0.05, 0.1) is 25.4 Å². The minimum absolute atomic E-state index is 0.154. The summed E-state index contributed by atoms with van der Waals surface area (Å²) in [4.78, 5) is 24.9. The maximum atomic E-state index is 12.6. The van der Waals surface area contributed by atoms with Crippen molar-refractivity contribution in [1.82, 2.24) is 4.90 Å². The van der Waals surface area contributed by atoms with Crippen LogP contribution in [0.2, 0.25) is 0 Å². The lowest BCUT2D eigenvalue weighted by Crippen LogP contribution is -2.50. The Morgan fingerprint density at radius 2 is 1.92 bits per heavy atom. The van der Waals surface area contributed by atoms with Gasteiger partial charge < -0.3 is 19.3 Å². The minimum atomic E-state index is -0.896. The fourth-order valence-electron chi connectivity index (χ4n) is 3.17. The van der Waals surface area contributed by atoms with Crippen molar-refractivity contribution < 1.29 is 28.9 Å². The number of aliphatic hydroxyl groups is 1. The van der Waals surface area contributed by atoms with E-state index in [9.17, 15) is 14.7 Å². The zero-order valence-electron chi connectivity index (χ0n) is 15.5. The van der Waals surface area contributed by atoms with Gasteiger partial charge in [0.2, 0.25) is 0 Å². The highest BCUT2D eigenvalue weighted by Crippen LogP contribution is 2.34. The highest BCUT2D eigenvalue weighted by Gasteiger charge is 2.50. The van der Waals surface area contributed by atoms with Crippen LogP contribution in [0.25, 0.3) is 0 Å². The van der Waals surface area contributed by atoms with Gasteiger partial charge in [-0.1, -0.05) is 30.3 Å². The summed E-state index contributed by atoms with van der Waals surface area (Å²) in [6, 6.07) is 8.89. The zero-order valence-corrected chi connectivity index (χ0v) is 15.5. The van der Waals surface area contributed by atoms with E-state index < -0.39 is 17.9 Å². The van der Waals surface area contributed by atoms with Gasteiger partial charge in [0.15, 0.2) is 0 Å². The van der Waals surface area contributed by atoms with Crippen LogP contribution >= 0.6 is 0 Å². The van der Waals surface area contributed by atoms with E-state index in [4.69, 9.17) is 14.2 Å².